The fourth-order valence-electron chi connectivity index (χ4n) is 2.63. The molecule has 0 aromatic carbocycles. The van der Waals surface area contributed by atoms with Crippen LogP contribution in [0.1, 0.15) is 47.0 Å². The van der Waals surface area contributed by atoms with Crippen LogP contribution in [0.15, 0.2) is 0 Å². The molecule has 4 atom stereocenters. The van der Waals surface area contributed by atoms with Crippen LogP contribution in [0.5, 0.6) is 0 Å². The molecule has 0 saturated heterocycles. The maximum absolute atomic E-state index is 8.90. The second-order valence-electron chi connectivity index (χ2n) is 5.17. The van der Waals surface area contributed by atoms with Crippen LogP contribution in [-0.2, 0) is 4.74 Å². The molecule has 0 aliphatic heterocycles. The van der Waals surface area contributed by atoms with Gasteiger partial charge in [-0.1, -0.05) is 13.8 Å². The molecule has 1 aliphatic rings. The summed E-state index contributed by atoms with van der Waals surface area (Å²) in [5.74, 6) is 0. The van der Waals surface area contributed by atoms with Crippen molar-refractivity contribution in [2.45, 2.75) is 65.1 Å². The van der Waals surface area contributed by atoms with Crippen LogP contribution in [0.4, 0.5) is 0 Å². The number of hydrogen-bond donors (Lipinski definition) is 2. The molecule has 16 heavy (non-hydrogen) atoms. The molecular formula is C13H27NO2. The van der Waals surface area contributed by atoms with Gasteiger partial charge in [-0.2, -0.15) is 0 Å². The maximum Gasteiger partial charge on any atom is 0.0658 e. The number of ether oxygens (including phenoxy) is 1. The zero-order valence-electron chi connectivity index (χ0n) is 11.1. The first kappa shape index (κ1) is 13.9. The molecule has 4 unspecified atom stereocenters. The molecule has 3 heteroatoms. The minimum absolute atomic E-state index is 0.263. The first-order valence-corrected chi connectivity index (χ1v) is 6.57. The highest BCUT2D eigenvalue weighted by molar-refractivity contribution is 5.05. The SMILES string of the molecule is CCOC1CC(NC(C)CCO)C1(C)CC. The predicted octanol–water partition coefficient (Wildman–Crippen LogP) is 1.94. The lowest BCUT2D eigenvalue weighted by atomic mass is 9.61. The van der Waals surface area contributed by atoms with E-state index in [-0.39, 0.29) is 12.0 Å². The fourth-order valence-corrected chi connectivity index (χ4v) is 2.63. The molecule has 1 rings (SSSR count). The van der Waals surface area contributed by atoms with Crippen molar-refractivity contribution in [3.63, 3.8) is 0 Å². The number of nitrogens with one attached hydrogen (secondary N) is 1. The standard InChI is InChI=1S/C13H27NO2/c1-5-13(4)11(9-12(13)16-6-2)14-10(3)7-8-15/h10-12,14-15H,5-9H2,1-4H3. The molecule has 0 aromatic heterocycles. The third-order valence-corrected chi connectivity index (χ3v) is 4.16. The van der Waals surface area contributed by atoms with Gasteiger partial charge in [-0.25, -0.2) is 0 Å². The molecule has 0 aromatic rings. The largest absolute Gasteiger partial charge is 0.396 e. The van der Waals surface area contributed by atoms with Crippen LogP contribution in [0.3, 0.4) is 0 Å². The molecule has 2 N–H and O–H groups in total. The predicted molar refractivity (Wildman–Crippen MR) is 66.5 cm³/mol. The average Bonchev–Trinajstić information content (AvgIpc) is 2.27. The highest BCUT2D eigenvalue weighted by Crippen LogP contribution is 2.46. The van der Waals surface area contributed by atoms with Crippen LogP contribution in [-0.4, -0.2) is 36.5 Å². The Morgan fingerprint density at radius 3 is 2.69 bits per heavy atom. The second-order valence-corrected chi connectivity index (χ2v) is 5.17. The monoisotopic (exact) mass is 229 g/mol. The summed E-state index contributed by atoms with van der Waals surface area (Å²) < 4.78 is 5.77. The van der Waals surface area contributed by atoms with E-state index in [1.165, 1.54) is 0 Å². The van der Waals surface area contributed by atoms with Gasteiger partial charge in [0.05, 0.1) is 6.10 Å². The number of aliphatic hydroxyl groups is 1. The summed E-state index contributed by atoms with van der Waals surface area (Å²) in [6, 6.07) is 0.930. The Morgan fingerprint density at radius 1 is 1.50 bits per heavy atom. The molecule has 0 heterocycles. The van der Waals surface area contributed by atoms with E-state index in [1.807, 2.05) is 0 Å². The first-order chi connectivity index (χ1) is 7.58. The van der Waals surface area contributed by atoms with Gasteiger partial charge in [-0.05, 0) is 33.1 Å². The number of aliphatic hydroxyl groups excluding tert-OH is 1. The Bertz CT molecular complexity index is 210. The number of rotatable bonds is 7. The highest BCUT2D eigenvalue weighted by atomic mass is 16.5. The Hall–Kier alpha value is -0.120. The van der Waals surface area contributed by atoms with Crippen molar-refractivity contribution in [2.24, 2.45) is 5.41 Å². The molecular weight excluding hydrogens is 202 g/mol. The van der Waals surface area contributed by atoms with Gasteiger partial charge in [-0.3, -0.25) is 0 Å². The first-order valence-electron chi connectivity index (χ1n) is 6.57. The van der Waals surface area contributed by atoms with Gasteiger partial charge in [0.1, 0.15) is 0 Å². The minimum Gasteiger partial charge on any atom is -0.396 e. The zero-order valence-corrected chi connectivity index (χ0v) is 11.1. The van der Waals surface area contributed by atoms with Gasteiger partial charge in [-0.15, -0.1) is 0 Å². The average molecular weight is 229 g/mol. The fraction of sp³-hybridized carbons (Fsp3) is 1.00. The van der Waals surface area contributed by atoms with Crippen molar-refractivity contribution < 1.29 is 9.84 Å². The Labute approximate surface area is 99.6 Å². The molecule has 1 fully saturated rings. The van der Waals surface area contributed by atoms with E-state index in [0.717, 1.165) is 25.9 Å². The topological polar surface area (TPSA) is 41.5 Å². The van der Waals surface area contributed by atoms with Crippen molar-refractivity contribution in [2.75, 3.05) is 13.2 Å². The lowest BCUT2D eigenvalue weighted by molar-refractivity contribution is -0.128. The van der Waals surface area contributed by atoms with E-state index in [1.54, 1.807) is 0 Å². The summed E-state index contributed by atoms with van der Waals surface area (Å²) in [6.07, 6.45) is 3.48. The Morgan fingerprint density at radius 2 is 2.19 bits per heavy atom. The van der Waals surface area contributed by atoms with Gasteiger partial charge < -0.3 is 15.2 Å². The van der Waals surface area contributed by atoms with Crippen molar-refractivity contribution in [1.82, 2.24) is 5.32 Å². The minimum atomic E-state index is 0.263. The number of hydrogen-bond acceptors (Lipinski definition) is 3. The third kappa shape index (κ3) is 2.76. The van der Waals surface area contributed by atoms with Crippen molar-refractivity contribution in [1.29, 1.82) is 0 Å². The quantitative estimate of drug-likeness (QED) is 0.701. The molecule has 1 aliphatic carbocycles. The molecule has 0 amide bonds. The van der Waals surface area contributed by atoms with E-state index in [0.29, 0.717) is 18.2 Å². The summed E-state index contributed by atoms with van der Waals surface area (Å²) in [4.78, 5) is 0. The van der Waals surface area contributed by atoms with Gasteiger partial charge in [0.15, 0.2) is 0 Å². The Balaban J connectivity index is 2.45. The van der Waals surface area contributed by atoms with E-state index in [9.17, 15) is 0 Å². The zero-order chi connectivity index (χ0) is 12.2. The maximum atomic E-state index is 8.90. The van der Waals surface area contributed by atoms with Crippen LogP contribution in [0.25, 0.3) is 0 Å². The van der Waals surface area contributed by atoms with E-state index < -0.39 is 0 Å². The Kier molecular flexibility index (Phi) is 5.22. The van der Waals surface area contributed by atoms with E-state index in [2.05, 4.69) is 33.0 Å². The molecule has 96 valence electrons. The van der Waals surface area contributed by atoms with Crippen molar-refractivity contribution in [3.8, 4) is 0 Å². The summed E-state index contributed by atoms with van der Waals surface area (Å²) in [7, 11) is 0. The van der Waals surface area contributed by atoms with Gasteiger partial charge >= 0.3 is 0 Å². The lowest BCUT2D eigenvalue weighted by Crippen LogP contribution is -2.63. The lowest BCUT2D eigenvalue weighted by Gasteiger charge is -2.54. The van der Waals surface area contributed by atoms with Gasteiger partial charge in [0, 0.05) is 30.7 Å². The summed E-state index contributed by atoms with van der Waals surface area (Å²) in [5.41, 5.74) is 0.264. The van der Waals surface area contributed by atoms with Crippen LogP contribution < -0.4 is 5.32 Å². The van der Waals surface area contributed by atoms with E-state index in [4.69, 9.17) is 9.84 Å². The molecule has 0 radical (unpaired) electrons. The van der Waals surface area contributed by atoms with Crippen LogP contribution in [0, 0.1) is 5.41 Å². The highest BCUT2D eigenvalue weighted by Gasteiger charge is 2.51. The van der Waals surface area contributed by atoms with Crippen molar-refractivity contribution in [3.05, 3.63) is 0 Å². The summed E-state index contributed by atoms with van der Waals surface area (Å²) in [5, 5.41) is 12.5. The summed E-state index contributed by atoms with van der Waals surface area (Å²) >= 11 is 0. The molecule has 0 spiro atoms. The molecule has 0 bridgehead atoms. The third-order valence-electron chi connectivity index (χ3n) is 4.16. The van der Waals surface area contributed by atoms with Crippen molar-refractivity contribution >= 4 is 0 Å². The molecule has 1 saturated carbocycles. The molecule has 3 nitrogen and oxygen atoms in total. The van der Waals surface area contributed by atoms with Crippen LogP contribution >= 0.6 is 0 Å². The van der Waals surface area contributed by atoms with Gasteiger partial charge in [0.25, 0.3) is 0 Å². The second kappa shape index (κ2) is 5.99. The van der Waals surface area contributed by atoms with Gasteiger partial charge in [0.2, 0.25) is 0 Å². The van der Waals surface area contributed by atoms with E-state index >= 15 is 0 Å². The van der Waals surface area contributed by atoms with Crippen LogP contribution in [0.2, 0.25) is 0 Å². The normalized spacial score (nSPS) is 35.8. The smallest absolute Gasteiger partial charge is 0.0658 e. The summed E-state index contributed by atoms with van der Waals surface area (Å²) in [6.45, 7) is 9.81.